The standard InChI is InChI=1S/C25H25F3N2O5S/c1-5-21(31)35-24(2,3)15-34-19-11-8-17(14-20(19)33-4)30-13-12-29-22(23(30)32)36-18-9-6-16(7-10-18)25(26,27)28/h6-14H,5,15H2,1-4H3. The lowest BCUT2D eigenvalue weighted by Gasteiger charge is -2.25. The van der Waals surface area contributed by atoms with Gasteiger partial charge < -0.3 is 14.2 Å². The van der Waals surface area contributed by atoms with Crippen molar-refractivity contribution in [2.24, 2.45) is 0 Å². The molecule has 3 rings (SSSR count). The molecule has 0 aliphatic carbocycles. The molecule has 1 aromatic heterocycles. The van der Waals surface area contributed by atoms with E-state index in [9.17, 15) is 22.8 Å². The van der Waals surface area contributed by atoms with Crippen LogP contribution in [0.25, 0.3) is 5.69 Å². The molecular weight excluding hydrogens is 497 g/mol. The number of rotatable bonds is 9. The van der Waals surface area contributed by atoms with Gasteiger partial charge in [0.25, 0.3) is 5.56 Å². The second-order valence-electron chi connectivity index (χ2n) is 8.24. The molecule has 0 spiro atoms. The average Bonchev–Trinajstić information content (AvgIpc) is 2.83. The Morgan fingerprint density at radius 2 is 1.78 bits per heavy atom. The minimum Gasteiger partial charge on any atom is -0.493 e. The highest BCUT2D eigenvalue weighted by Gasteiger charge is 2.30. The number of ether oxygens (including phenoxy) is 3. The van der Waals surface area contributed by atoms with Crippen molar-refractivity contribution in [1.82, 2.24) is 9.55 Å². The SMILES string of the molecule is CCC(=O)OC(C)(C)COc1ccc(-n2ccnc(Sc3ccc(C(F)(F)F)cc3)c2=O)cc1OC. The number of methoxy groups -OCH3 is 1. The molecule has 1 heterocycles. The Balaban J connectivity index is 1.81. The fraction of sp³-hybridized carbons (Fsp3) is 0.320. The monoisotopic (exact) mass is 522 g/mol. The summed E-state index contributed by atoms with van der Waals surface area (Å²) in [5, 5.41) is 0.0936. The fourth-order valence-electron chi connectivity index (χ4n) is 3.08. The van der Waals surface area contributed by atoms with Crippen LogP contribution in [0.3, 0.4) is 0 Å². The molecule has 3 aromatic rings. The minimum absolute atomic E-state index is 0.0809. The van der Waals surface area contributed by atoms with Crippen molar-refractivity contribution >= 4 is 17.7 Å². The third-order valence-electron chi connectivity index (χ3n) is 4.88. The maximum absolute atomic E-state index is 13.1. The van der Waals surface area contributed by atoms with Gasteiger partial charge in [-0.25, -0.2) is 4.98 Å². The predicted molar refractivity (Wildman–Crippen MR) is 128 cm³/mol. The van der Waals surface area contributed by atoms with E-state index < -0.39 is 22.9 Å². The molecule has 11 heteroatoms. The summed E-state index contributed by atoms with van der Waals surface area (Å²) in [5.74, 6) is 0.405. The first kappa shape index (κ1) is 27.1. The number of halogens is 3. The summed E-state index contributed by atoms with van der Waals surface area (Å²) in [7, 11) is 1.45. The van der Waals surface area contributed by atoms with Crippen molar-refractivity contribution in [2.45, 2.75) is 48.9 Å². The van der Waals surface area contributed by atoms with Gasteiger partial charge in [0, 0.05) is 29.8 Å². The van der Waals surface area contributed by atoms with Gasteiger partial charge in [0.2, 0.25) is 0 Å². The van der Waals surface area contributed by atoms with E-state index in [0.717, 1.165) is 23.9 Å². The first-order valence-corrected chi connectivity index (χ1v) is 11.7. The Morgan fingerprint density at radius 3 is 2.39 bits per heavy atom. The Kier molecular flexibility index (Phi) is 8.34. The lowest BCUT2D eigenvalue weighted by Crippen LogP contribution is -2.34. The van der Waals surface area contributed by atoms with Gasteiger partial charge in [0.1, 0.15) is 12.2 Å². The molecule has 0 fully saturated rings. The molecule has 192 valence electrons. The molecule has 0 saturated heterocycles. The lowest BCUT2D eigenvalue weighted by molar-refractivity contribution is -0.158. The van der Waals surface area contributed by atoms with E-state index in [1.165, 1.54) is 36.2 Å². The van der Waals surface area contributed by atoms with E-state index >= 15 is 0 Å². The molecule has 0 amide bonds. The Morgan fingerprint density at radius 1 is 1.08 bits per heavy atom. The smallest absolute Gasteiger partial charge is 0.416 e. The van der Waals surface area contributed by atoms with E-state index in [4.69, 9.17) is 14.2 Å². The van der Waals surface area contributed by atoms with Gasteiger partial charge in [-0.1, -0.05) is 18.7 Å². The van der Waals surface area contributed by atoms with Gasteiger partial charge in [-0.3, -0.25) is 14.2 Å². The van der Waals surface area contributed by atoms with Crippen LogP contribution >= 0.6 is 11.8 Å². The summed E-state index contributed by atoms with van der Waals surface area (Å²) in [6, 6.07) is 9.38. The molecule has 2 aromatic carbocycles. The van der Waals surface area contributed by atoms with Gasteiger partial charge in [-0.2, -0.15) is 13.2 Å². The molecule has 0 saturated carbocycles. The number of carbonyl (C=O) groups excluding carboxylic acids is 1. The van der Waals surface area contributed by atoms with E-state index in [0.29, 0.717) is 22.1 Å². The Labute approximate surface area is 210 Å². The number of carbonyl (C=O) groups is 1. The zero-order valence-electron chi connectivity index (χ0n) is 20.1. The highest BCUT2D eigenvalue weighted by atomic mass is 32.2. The number of esters is 1. The zero-order valence-corrected chi connectivity index (χ0v) is 20.9. The number of aromatic nitrogens is 2. The second-order valence-corrected chi connectivity index (χ2v) is 9.31. The summed E-state index contributed by atoms with van der Waals surface area (Å²) < 4.78 is 56.3. The van der Waals surface area contributed by atoms with Gasteiger partial charge in [-0.05, 0) is 50.2 Å². The van der Waals surface area contributed by atoms with Crippen LogP contribution in [0.4, 0.5) is 13.2 Å². The lowest BCUT2D eigenvalue weighted by atomic mass is 10.1. The molecule has 0 atom stereocenters. The third-order valence-corrected chi connectivity index (χ3v) is 5.87. The second kappa shape index (κ2) is 11.1. The van der Waals surface area contributed by atoms with Gasteiger partial charge in [0.15, 0.2) is 16.5 Å². The van der Waals surface area contributed by atoms with Crippen molar-refractivity contribution < 1.29 is 32.2 Å². The third kappa shape index (κ3) is 6.81. The Hall–Kier alpha value is -3.47. The molecule has 0 radical (unpaired) electrons. The van der Waals surface area contributed by atoms with Gasteiger partial charge in [-0.15, -0.1) is 0 Å². The summed E-state index contributed by atoms with van der Waals surface area (Å²) >= 11 is 0.964. The maximum atomic E-state index is 13.1. The summed E-state index contributed by atoms with van der Waals surface area (Å²) in [6.45, 7) is 5.24. The van der Waals surface area contributed by atoms with E-state index in [-0.39, 0.29) is 24.0 Å². The number of nitrogens with zero attached hydrogens (tertiary/aromatic N) is 2. The molecule has 0 aliphatic rings. The van der Waals surface area contributed by atoms with Crippen LogP contribution < -0.4 is 15.0 Å². The van der Waals surface area contributed by atoms with Crippen molar-refractivity contribution in [3.63, 3.8) is 0 Å². The van der Waals surface area contributed by atoms with Crippen LogP contribution in [-0.2, 0) is 15.7 Å². The quantitative estimate of drug-likeness (QED) is 0.342. The summed E-state index contributed by atoms with van der Waals surface area (Å²) in [6.07, 6.45) is -1.29. The van der Waals surface area contributed by atoms with Crippen LogP contribution in [0.1, 0.15) is 32.8 Å². The van der Waals surface area contributed by atoms with Crippen LogP contribution in [0.2, 0.25) is 0 Å². The van der Waals surface area contributed by atoms with Crippen molar-refractivity contribution in [2.75, 3.05) is 13.7 Å². The zero-order chi connectivity index (χ0) is 26.5. The first-order valence-electron chi connectivity index (χ1n) is 10.9. The fourth-order valence-corrected chi connectivity index (χ4v) is 3.87. The van der Waals surface area contributed by atoms with Gasteiger partial charge >= 0.3 is 12.1 Å². The minimum atomic E-state index is -4.44. The number of alkyl halides is 3. The predicted octanol–water partition coefficient (Wildman–Crippen LogP) is 5.52. The van der Waals surface area contributed by atoms with Crippen LogP contribution in [0.5, 0.6) is 11.5 Å². The first-order chi connectivity index (χ1) is 16.9. The molecule has 0 N–H and O–H groups in total. The Bertz CT molecular complexity index is 1270. The van der Waals surface area contributed by atoms with Crippen LogP contribution in [0.15, 0.2) is 69.6 Å². The molecule has 0 unspecified atom stereocenters. The van der Waals surface area contributed by atoms with Crippen LogP contribution in [0, 0.1) is 0 Å². The average molecular weight is 523 g/mol. The summed E-state index contributed by atoms with van der Waals surface area (Å²) in [5.41, 5.74) is -1.61. The largest absolute Gasteiger partial charge is 0.493 e. The maximum Gasteiger partial charge on any atom is 0.416 e. The molecule has 0 aliphatic heterocycles. The van der Waals surface area contributed by atoms with Crippen LogP contribution in [-0.4, -0.2) is 34.8 Å². The van der Waals surface area contributed by atoms with E-state index in [1.54, 1.807) is 39.0 Å². The van der Waals surface area contributed by atoms with Crippen molar-refractivity contribution in [3.8, 4) is 17.2 Å². The molecule has 0 bridgehead atoms. The normalized spacial score (nSPS) is 11.8. The molecule has 7 nitrogen and oxygen atoms in total. The van der Waals surface area contributed by atoms with E-state index in [2.05, 4.69) is 4.98 Å². The number of benzene rings is 2. The summed E-state index contributed by atoms with van der Waals surface area (Å²) in [4.78, 5) is 29.2. The highest BCUT2D eigenvalue weighted by Crippen LogP contribution is 2.33. The van der Waals surface area contributed by atoms with Gasteiger partial charge in [0.05, 0.1) is 18.4 Å². The number of hydrogen-bond donors (Lipinski definition) is 0. The topological polar surface area (TPSA) is 79.7 Å². The van der Waals surface area contributed by atoms with Crippen molar-refractivity contribution in [1.29, 1.82) is 0 Å². The highest BCUT2D eigenvalue weighted by molar-refractivity contribution is 7.99. The van der Waals surface area contributed by atoms with E-state index in [1.807, 2.05) is 0 Å². The number of hydrogen-bond acceptors (Lipinski definition) is 7. The molecule has 36 heavy (non-hydrogen) atoms. The molecular formula is C25H25F3N2O5S. The van der Waals surface area contributed by atoms with Crippen molar-refractivity contribution in [3.05, 3.63) is 70.8 Å².